The van der Waals surface area contributed by atoms with Crippen LogP contribution in [0.5, 0.6) is 0 Å². The molecule has 0 N–H and O–H groups in total. The number of rotatable bonds is 4. The Kier molecular flexibility index (Phi) is 5.62. The minimum atomic E-state index is -1.52. The van der Waals surface area contributed by atoms with Crippen molar-refractivity contribution in [2.45, 2.75) is 9.79 Å². The summed E-state index contributed by atoms with van der Waals surface area (Å²) in [6, 6.07) is 19.0. The van der Waals surface area contributed by atoms with Crippen molar-refractivity contribution >= 4 is 34.0 Å². The van der Waals surface area contributed by atoms with Crippen LogP contribution in [0, 0.1) is 0 Å². The Bertz CT molecular complexity index is 1260. The lowest BCUT2D eigenvalue weighted by Gasteiger charge is -2.13. The fourth-order valence-electron chi connectivity index (χ4n) is 2.91. The molecule has 0 radical (unpaired) electrons. The van der Waals surface area contributed by atoms with Gasteiger partial charge in [-0.3, -0.25) is 14.3 Å². The topological polar surface area (TPSA) is 52.0 Å². The van der Waals surface area contributed by atoms with Crippen LogP contribution in [0.15, 0.2) is 99.9 Å². The van der Waals surface area contributed by atoms with Crippen LogP contribution in [0.2, 0.25) is 10.0 Å². The summed E-state index contributed by atoms with van der Waals surface area (Å²) in [5.41, 5.74) is 1.23. The molecule has 0 aliphatic carbocycles. The SMILES string of the molecule is O=c1c(-c2ccccc2Cl)cc(S(=O)c2ccc(Cl)cc2)cn1-c1cccnc1. The van der Waals surface area contributed by atoms with Crippen LogP contribution in [-0.4, -0.2) is 13.8 Å². The van der Waals surface area contributed by atoms with E-state index in [2.05, 4.69) is 4.98 Å². The van der Waals surface area contributed by atoms with Crippen molar-refractivity contribution in [2.24, 2.45) is 0 Å². The Morgan fingerprint density at radius 2 is 1.62 bits per heavy atom. The lowest BCUT2D eigenvalue weighted by molar-refractivity contribution is 0.682. The van der Waals surface area contributed by atoms with Gasteiger partial charge in [0.25, 0.3) is 5.56 Å². The van der Waals surface area contributed by atoms with Gasteiger partial charge in [-0.1, -0.05) is 41.4 Å². The Morgan fingerprint density at radius 3 is 2.31 bits per heavy atom. The molecule has 2 heterocycles. The van der Waals surface area contributed by atoms with Gasteiger partial charge in [0, 0.05) is 32.9 Å². The fraction of sp³-hybridized carbons (Fsp3) is 0. The van der Waals surface area contributed by atoms with Crippen molar-refractivity contribution in [1.82, 2.24) is 9.55 Å². The first-order chi connectivity index (χ1) is 14.0. The van der Waals surface area contributed by atoms with Crippen LogP contribution < -0.4 is 5.56 Å². The second-order valence-corrected chi connectivity index (χ2v) is 8.50. The normalized spacial score (nSPS) is 11.9. The standard InChI is InChI=1S/C22H14Cl2N2O2S/c23-15-7-9-17(10-8-15)29(28)18-12-20(19-5-1-2-6-21(19)24)22(27)26(14-18)16-4-3-11-25-13-16/h1-14H. The summed E-state index contributed by atoms with van der Waals surface area (Å²) in [5, 5.41) is 1.000. The molecule has 4 rings (SSSR count). The molecule has 2 aromatic heterocycles. The second kappa shape index (κ2) is 8.33. The molecule has 0 amide bonds. The summed E-state index contributed by atoms with van der Waals surface area (Å²) in [6.45, 7) is 0. The van der Waals surface area contributed by atoms with Gasteiger partial charge < -0.3 is 0 Å². The predicted molar refractivity (Wildman–Crippen MR) is 116 cm³/mol. The largest absolute Gasteiger partial charge is 0.281 e. The van der Waals surface area contributed by atoms with Crippen LogP contribution in [0.4, 0.5) is 0 Å². The maximum Gasteiger partial charge on any atom is 0.263 e. The summed E-state index contributed by atoms with van der Waals surface area (Å²) in [7, 11) is -1.52. The van der Waals surface area contributed by atoms with E-state index in [1.807, 2.05) is 0 Å². The van der Waals surface area contributed by atoms with E-state index in [0.29, 0.717) is 36.7 Å². The van der Waals surface area contributed by atoms with Crippen LogP contribution in [0.1, 0.15) is 0 Å². The number of pyridine rings is 2. The van der Waals surface area contributed by atoms with Gasteiger partial charge in [-0.2, -0.15) is 0 Å². The van der Waals surface area contributed by atoms with Crippen LogP contribution in [-0.2, 0) is 10.8 Å². The molecular weight excluding hydrogens is 427 g/mol. The van der Waals surface area contributed by atoms with Crippen molar-refractivity contribution in [1.29, 1.82) is 0 Å². The van der Waals surface area contributed by atoms with Gasteiger partial charge in [-0.05, 0) is 48.5 Å². The summed E-state index contributed by atoms with van der Waals surface area (Å²) in [6.07, 6.45) is 4.77. The molecule has 4 nitrogen and oxygen atoms in total. The van der Waals surface area contributed by atoms with Gasteiger partial charge >= 0.3 is 0 Å². The summed E-state index contributed by atoms with van der Waals surface area (Å²) < 4.78 is 14.7. The summed E-state index contributed by atoms with van der Waals surface area (Å²) in [4.78, 5) is 18.4. The average molecular weight is 441 g/mol. The molecule has 2 aromatic carbocycles. The van der Waals surface area contributed by atoms with Gasteiger partial charge in [0.05, 0.1) is 33.1 Å². The Balaban J connectivity index is 1.96. The van der Waals surface area contributed by atoms with Crippen LogP contribution >= 0.6 is 23.2 Å². The highest BCUT2D eigenvalue weighted by Gasteiger charge is 2.17. The smallest absolute Gasteiger partial charge is 0.263 e. The maximum atomic E-state index is 13.2. The zero-order valence-corrected chi connectivity index (χ0v) is 17.3. The number of aromatic nitrogens is 2. The molecule has 0 aliphatic rings. The van der Waals surface area contributed by atoms with Crippen LogP contribution in [0.25, 0.3) is 16.8 Å². The zero-order chi connectivity index (χ0) is 20.4. The second-order valence-electron chi connectivity index (χ2n) is 6.18. The van der Waals surface area contributed by atoms with E-state index < -0.39 is 10.8 Å². The molecule has 1 atom stereocenters. The third-order valence-corrected chi connectivity index (χ3v) is 6.26. The monoisotopic (exact) mass is 440 g/mol. The molecule has 29 heavy (non-hydrogen) atoms. The number of hydrogen-bond donors (Lipinski definition) is 0. The Hall–Kier alpha value is -2.73. The van der Waals surface area contributed by atoms with Crippen molar-refractivity contribution in [2.75, 3.05) is 0 Å². The highest BCUT2D eigenvalue weighted by Crippen LogP contribution is 2.28. The lowest BCUT2D eigenvalue weighted by atomic mass is 10.1. The van der Waals surface area contributed by atoms with E-state index in [1.54, 1.807) is 85.3 Å². The van der Waals surface area contributed by atoms with Crippen molar-refractivity contribution in [3.63, 3.8) is 0 Å². The third kappa shape index (κ3) is 4.03. The molecule has 7 heteroatoms. The van der Waals surface area contributed by atoms with E-state index in [1.165, 1.54) is 4.57 Å². The number of halogens is 2. The van der Waals surface area contributed by atoms with E-state index in [0.717, 1.165) is 0 Å². The highest BCUT2D eigenvalue weighted by molar-refractivity contribution is 7.85. The summed E-state index contributed by atoms with van der Waals surface area (Å²) in [5.74, 6) is 0. The first-order valence-corrected chi connectivity index (χ1v) is 10.5. The first kappa shape index (κ1) is 19.6. The van der Waals surface area contributed by atoms with Gasteiger partial charge in [-0.25, -0.2) is 4.21 Å². The Morgan fingerprint density at radius 1 is 0.862 bits per heavy atom. The fourth-order valence-corrected chi connectivity index (χ4v) is 4.36. The predicted octanol–water partition coefficient (Wildman–Crippen LogP) is 5.37. The molecule has 0 bridgehead atoms. The zero-order valence-electron chi connectivity index (χ0n) is 15.0. The van der Waals surface area contributed by atoms with E-state index in [-0.39, 0.29) is 5.56 Å². The average Bonchev–Trinajstić information content (AvgIpc) is 2.75. The highest BCUT2D eigenvalue weighted by atomic mass is 35.5. The minimum absolute atomic E-state index is 0.275. The number of nitrogens with zero attached hydrogens (tertiary/aromatic N) is 2. The van der Waals surface area contributed by atoms with Gasteiger partial charge in [0.1, 0.15) is 0 Å². The van der Waals surface area contributed by atoms with E-state index >= 15 is 0 Å². The third-order valence-electron chi connectivity index (χ3n) is 4.32. The molecule has 1 unspecified atom stereocenters. The van der Waals surface area contributed by atoms with Crippen LogP contribution in [0.3, 0.4) is 0 Å². The molecule has 0 saturated carbocycles. The van der Waals surface area contributed by atoms with E-state index in [9.17, 15) is 9.00 Å². The molecular formula is C22H14Cl2N2O2S. The molecule has 0 aliphatic heterocycles. The maximum absolute atomic E-state index is 13.2. The molecule has 0 fully saturated rings. The lowest BCUT2D eigenvalue weighted by Crippen LogP contribution is -2.21. The number of hydrogen-bond acceptors (Lipinski definition) is 3. The van der Waals surface area contributed by atoms with Gasteiger partial charge in [0.15, 0.2) is 0 Å². The molecule has 0 saturated heterocycles. The summed E-state index contributed by atoms with van der Waals surface area (Å²) >= 11 is 12.3. The van der Waals surface area contributed by atoms with Crippen molar-refractivity contribution in [3.8, 4) is 16.8 Å². The van der Waals surface area contributed by atoms with Crippen molar-refractivity contribution < 1.29 is 4.21 Å². The molecule has 0 spiro atoms. The number of benzene rings is 2. The van der Waals surface area contributed by atoms with Crippen molar-refractivity contribution in [3.05, 3.63) is 106 Å². The quantitative estimate of drug-likeness (QED) is 0.428. The minimum Gasteiger partial charge on any atom is -0.281 e. The van der Waals surface area contributed by atoms with Gasteiger partial charge in [-0.15, -0.1) is 0 Å². The Labute approximate surface area is 179 Å². The molecule has 144 valence electrons. The van der Waals surface area contributed by atoms with Gasteiger partial charge in [0.2, 0.25) is 0 Å². The van der Waals surface area contributed by atoms with E-state index in [4.69, 9.17) is 23.2 Å². The first-order valence-electron chi connectivity index (χ1n) is 8.64. The molecule has 4 aromatic rings.